The number of hydrogen-bond acceptors (Lipinski definition) is 10. The van der Waals surface area contributed by atoms with Crippen LogP contribution in [-0.2, 0) is 19.5 Å². The van der Waals surface area contributed by atoms with E-state index in [9.17, 15) is 23.1 Å². The molecule has 15 heteroatoms. The zero-order chi connectivity index (χ0) is 25.3. The van der Waals surface area contributed by atoms with Gasteiger partial charge in [-0.05, 0) is 30.5 Å². The SMILES string of the molecule is O=C(NCCO)c1nnc(CCCCn2cc(C(O)NCc3cccc(OC(F)(F)F)c3)nn2)s1. The first-order valence-electron chi connectivity index (χ1n) is 10.6. The van der Waals surface area contributed by atoms with Gasteiger partial charge in [-0.2, -0.15) is 0 Å². The quantitative estimate of drug-likeness (QED) is 0.197. The van der Waals surface area contributed by atoms with E-state index in [1.165, 1.54) is 29.5 Å². The first kappa shape index (κ1) is 26.5. The number of hydrogen-bond donors (Lipinski definition) is 4. The third kappa shape index (κ3) is 8.86. The molecular formula is C20H24F3N7O4S. The summed E-state index contributed by atoms with van der Waals surface area (Å²) in [5.74, 6) is -0.709. The highest BCUT2D eigenvalue weighted by molar-refractivity contribution is 7.13. The van der Waals surface area contributed by atoms with Crippen LogP contribution in [-0.4, -0.2) is 60.8 Å². The number of aromatic nitrogens is 5. The monoisotopic (exact) mass is 515 g/mol. The molecule has 4 N–H and O–H groups in total. The summed E-state index contributed by atoms with van der Waals surface area (Å²) in [5, 5.41) is 41.0. The van der Waals surface area contributed by atoms with Crippen molar-refractivity contribution in [2.24, 2.45) is 0 Å². The van der Waals surface area contributed by atoms with Gasteiger partial charge >= 0.3 is 6.36 Å². The van der Waals surface area contributed by atoms with Crippen molar-refractivity contribution in [3.05, 3.63) is 51.7 Å². The zero-order valence-electron chi connectivity index (χ0n) is 18.4. The summed E-state index contributed by atoms with van der Waals surface area (Å²) in [6.07, 6.45) is -2.22. The molecule has 2 aromatic heterocycles. The molecular weight excluding hydrogens is 491 g/mol. The number of nitrogens with one attached hydrogen (secondary N) is 2. The summed E-state index contributed by atoms with van der Waals surface area (Å²) in [4.78, 5) is 11.8. The lowest BCUT2D eigenvalue weighted by atomic mass is 10.2. The van der Waals surface area contributed by atoms with E-state index >= 15 is 0 Å². The molecule has 0 fully saturated rings. The summed E-state index contributed by atoms with van der Waals surface area (Å²) < 4.78 is 42.5. The highest BCUT2D eigenvalue weighted by atomic mass is 32.1. The number of carbonyl (C=O) groups is 1. The van der Waals surface area contributed by atoms with Gasteiger partial charge in [-0.1, -0.05) is 28.7 Å². The molecule has 0 saturated heterocycles. The number of nitrogens with zero attached hydrogens (tertiary/aromatic N) is 5. The molecule has 1 amide bonds. The molecule has 0 radical (unpaired) electrons. The van der Waals surface area contributed by atoms with E-state index in [4.69, 9.17) is 5.11 Å². The van der Waals surface area contributed by atoms with E-state index < -0.39 is 12.6 Å². The maximum Gasteiger partial charge on any atom is 0.573 e. The van der Waals surface area contributed by atoms with Gasteiger partial charge in [0, 0.05) is 26.1 Å². The van der Waals surface area contributed by atoms with E-state index in [-0.39, 0.29) is 42.1 Å². The molecule has 11 nitrogen and oxygen atoms in total. The molecule has 3 rings (SSSR count). The lowest BCUT2D eigenvalue weighted by molar-refractivity contribution is -0.274. The Kier molecular flexibility index (Phi) is 9.47. The smallest absolute Gasteiger partial charge is 0.406 e. The van der Waals surface area contributed by atoms with E-state index in [1.54, 1.807) is 16.9 Å². The van der Waals surface area contributed by atoms with Crippen molar-refractivity contribution in [2.45, 2.75) is 44.9 Å². The molecule has 0 aliphatic carbocycles. The number of carbonyl (C=O) groups excluding carboxylic acids is 1. The molecule has 190 valence electrons. The van der Waals surface area contributed by atoms with Crippen LogP contribution in [0.3, 0.4) is 0 Å². The number of ether oxygens (including phenoxy) is 1. The maximum absolute atomic E-state index is 12.4. The number of alkyl halides is 3. The molecule has 1 atom stereocenters. The number of halogens is 3. The molecule has 0 aliphatic heterocycles. The molecule has 3 aromatic rings. The number of benzene rings is 1. The van der Waals surface area contributed by atoms with E-state index in [1.807, 2.05) is 0 Å². The summed E-state index contributed by atoms with van der Waals surface area (Å²) >= 11 is 1.20. The lowest BCUT2D eigenvalue weighted by Gasteiger charge is -2.12. The average molecular weight is 516 g/mol. The number of aryl methyl sites for hydroxylation is 2. The largest absolute Gasteiger partial charge is 0.573 e. The molecule has 1 aromatic carbocycles. The van der Waals surface area contributed by atoms with Crippen LogP contribution >= 0.6 is 11.3 Å². The van der Waals surface area contributed by atoms with Crippen LogP contribution in [0.15, 0.2) is 30.5 Å². The minimum Gasteiger partial charge on any atom is -0.406 e. The number of aliphatic hydroxyl groups excluding tert-OH is 2. The fourth-order valence-electron chi connectivity index (χ4n) is 2.96. The zero-order valence-corrected chi connectivity index (χ0v) is 19.2. The second kappa shape index (κ2) is 12.5. The van der Waals surface area contributed by atoms with Gasteiger partial charge in [0.1, 0.15) is 16.5 Å². The minimum absolute atomic E-state index is 0.0882. The standard InChI is InChI=1S/C20H24F3N7O4S/c21-20(22,23)34-14-5-3-4-13(10-14)11-25-17(32)15-12-30(29-26-15)8-2-1-6-16-27-28-19(35-16)18(33)24-7-9-31/h3-5,10,12,17,25,31-32H,1-2,6-9,11H2,(H,24,33). The minimum atomic E-state index is -4.78. The Morgan fingerprint density at radius 2 is 2.06 bits per heavy atom. The van der Waals surface area contributed by atoms with E-state index in [0.717, 1.165) is 17.8 Å². The average Bonchev–Trinajstić information content (AvgIpc) is 3.48. The topological polar surface area (TPSA) is 147 Å². The second-order valence-corrected chi connectivity index (χ2v) is 8.38. The Morgan fingerprint density at radius 3 is 2.83 bits per heavy atom. The number of rotatable bonds is 13. The van der Waals surface area contributed by atoms with Crippen LogP contribution in [0, 0.1) is 0 Å². The fourth-order valence-corrected chi connectivity index (χ4v) is 3.76. The van der Waals surface area contributed by atoms with Gasteiger partial charge in [-0.15, -0.1) is 28.5 Å². The van der Waals surface area contributed by atoms with Crippen LogP contribution < -0.4 is 15.4 Å². The molecule has 1 unspecified atom stereocenters. The molecule has 0 aliphatic rings. The van der Waals surface area contributed by atoms with Gasteiger partial charge in [0.2, 0.25) is 5.01 Å². The van der Waals surface area contributed by atoms with Crippen LogP contribution in [0.2, 0.25) is 0 Å². The summed E-state index contributed by atoms with van der Waals surface area (Å²) in [6.45, 7) is 0.634. The van der Waals surface area contributed by atoms with Crippen molar-refractivity contribution >= 4 is 17.2 Å². The Bertz CT molecular complexity index is 1090. The van der Waals surface area contributed by atoms with Crippen LogP contribution in [0.25, 0.3) is 0 Å². The first-order chi connectivity index (χ1) is 16.7. The lowest BCUT2D eigenvalue weighted by Crippen LogP contribution is -2.26. The fraction of sp³-hybridized carbons (Fsp3) is 0.450. The van der Waals surface area contributed by atoms with Gasteiger partial charge in [0.05, 0.1) is 12.8 Å². The number of unbranched alkanes of at least 4 members (excludes halogenated alkanes) is 1. The van der Waals surface area contributed by atoms with Gasteiger partial charge in [0.25, 0.3) is 5.91 Å². The maximum atomic E-state index is 12.4. The Hall–Kier alpha value is -3.14. The van der Waals surface area contributed by atoms with Gasteiger partial charge < -0.3 is 20.3 Å². The highest BCUT2D eigenvalue weighted by Gasteiger charge is 2.31. The van der Waals surface area contributed by atoms with Crippen LogP contribution in [0.1, 0.15) is 45.1 Å². The van der Waals surface area contributed by atoms with Gasteiger partial charge in [0.15, 0.2) is 6.23 Å². The van der Waals surface area contributed by atoms with Crippen LogP contribution in [0.4, 0.5) is 13.2 Å². The van der Waals surface area contributed by atoms with Crippen molar-refractivity contribution in [1.82, 2.24) is 35.8 Å². The third-order valence-corrected chi connectivity index (χ3v) is 5.54. The van der Waals surface area contributed by atoms with Crippen molar-refractivity contribution in [1.29, 1.82) is 0 Å². The van der Waals surface area contributed by atoms with Crippen molar-refractivity contribution in [3.8, 4) is 5.75 Å². The molecule has 0 spiro atoms. The number of aliphatic hydroxyl groups is 2. The third-order valence-electron chi connectivity index (χ3n) is 4.55. The van der Waals surface area contributed by atoms with Gasteiger partial charge in [-0.25, -0.2) is 0 Å². The summed E-state index contributed by atoms with van der Waals surface area (Å²) in [7, 11) is 0. The Morgan fingerprint density at radius 1 is 1.23 bits per heavy atom. The molecule has 0 bridgehead atoms. The van der Waals surface area contributed by atoms with E-state index in [0.29, 0.717) is 18.5 Å². The Balaban J connectivity index is 1.40. The molecule has 2 heterocycles. The number of amides is 1. The van der Waals surface area contributed by atoms with Crippen molar-refractivity contribution in [3.63, 3.8) is 0 Å². The Labute approximate surface area is 201 Å². The highest BCUT2D eigenvalue weighted by Crippen LogP contribution is 2.23. The van der Waals surface area contributed by atoms with Gasteiger partial charge in [-0.3, -0.25) is 14.8 Å². The van der Waals surface area contributed by atoms with Crippen molar-refractivity contribution < 1.29 is 32.9 Å². The predicted octanol–water partition coefficient (Wildman–Crippen LogP) is 1.55. The summed E-state index contributed by atoms with van der Waals surface area (Å²) in [5.41, 5.74) is 0.763. The second-order valence-electron chi connectivity index (χ2n) is 7.32. The van der Waals surface area contributed by atoms with E-state index in [2.05, 4.69) is 35.9 Å². The summed E-state index contributed by atoms with van der Waals surface area (Å²) in [6, 6.07) is 5.45. The molecule has 0 saturated carbocycles. The predicted molar refractivity (Wildman–Crippen MR) is 117 cm³/mol. The van der Waals surface area contributed by atoms with Crippen LogP contribution in [0.5, 0.6) is 5.75 Å². The molecule has 35 heavy (non-hydrogen) atoms. The normalized spacial score (nSPS) is 12.5. The van der Waals surface area contributed by atoms with Crippen molar-refractivity contribution in [2.75, 3.05) is 13.2 Å². The first-order valence-corrected chi connectivity index (χ1v) is 11.4.